The summed E-state index contributed by atoms with van der Waals surface area (Å²) in [5, 5.41) is 14.5. The van der Waals surface area contributed by atoms with E-state index in [1.54, 1.807) is 12.0 Å². The molecule has 1 aromatic heterocycles. The topological polar surface area (TPSA) is 97.1 Å². The molecule has 2 aliphatic carbocycles. The lowest BCUT2D eigenvalue weighted by Gasteiger charge is -2.66. The Morgan fingerprint density at radius 3 is 2.38 bits per heavy atom. The van der Waals surface area contributed by atoms with Crippen LogP contribution in [0.2, 0.25) is 0 Å². The highest BCUT2D eigenvalue weighted by molar-refractivity contribution is 6.10. The van der Waals surface area contributed by atoms with E-state index >= 15 is 0 Å². The first-order valence-corrected chi connectivity index (χ1v) is 16.9. The summed E-state index contributed by atoms with van der Waals surface area (Å²) in [4.78, 5) is 30.0. The second-order valence-corrected chi connectivity index (χ2v) is 15.2. The second kappa shape index (κ2) is 10.9. The minimum atomic E-state index is -0.857. The Bertz CT molecular complexity index is 1880. The molecule has 3 fully saturated rings. The summed E-state index contributed by atoms with van der Waals surface area (Å²) in [6.45, 7) is 7.33. The number of carbonyl (C=O) groups is 2. The van der Waals surface area contributed by atoms with Crippen molar-refractivity contribution in [1.82, 2.24) is 14.7 Å². The average Bonchev–Trinajstić information content (AvgIpc) is 3.59. The summed E-state index contributed by atoms with van der Waals surface area (Å²) in [5.74, 6) is 1.61. The average molecular weight is 647 g/mol. The van der Waals surface area contributed by atoms with Crippen molar-refractivity contribution in [3.63, 3.8) is 0 Å². The van der Waals surface area contributed by atoms with Crippen molar-refractivity contribution in [2.45, 2.75) is 77.0 Å². The van der Waals surface area contributed by atoms with E-state index in [1.807, 2.05) is 76.4 Å². The molecule has 48 heavy (non-hydrogen) atoms. The lowest BCUT2D eigenvalue weighted by molar-refractivity contribution is -0.185. The maximum Gasteiger partial charge on any atom is 0.407 e. The number of aromatic nitrogens is 2. The van der Waals surface area contributed by atoms with Crippen molar-refractivity contribution < 1.29 is 24.2 Å². The van der Waals surface area contributed by atoms with Crippen LogP contribution in [0.1, 0.15) is 64.0 Å². The van der Waals surface area contributed by atoms with Crippen LogP contribution >= 0.6 is 0 Å². The van der Waals surface area contributed by atoms with Crippen molar-refractivity contribution in [3.8, 4) is 28.4 Å². The number of nitrogens with zero attached hydrogens (tertiary/aromatic N) is 4. The normalized spacial score (nSPS) is 23.8. The third-order valence-corrected chi connectivity index (χ3v) is 11.2. The number of fused-ring (bicyclic) bond motifs is 2. The molecule has 3 aromatic carbocycles. The Morgan fingerprint density at radius 2 is 1.75 bits per heavy atom. The first-order chi connectivity index (χ1) is 23.0. The zero-order valence-corrected chi connectivity index (χ0v) is 28.0. The number of rotatable bonds is 7. The Kier molecular flexibility index (Phi) is 6.92. The van der Waals surface area contributed by atoms with Crippen LogP contribution in [0.15, 0.2) is 79.0 Å². The molecule has 3 heterocycles. The first kappa shape index (κ1) is 30.5. The molecule has 1 saturated heterocycles. The molecule has 8 rings (SSSR count). The van der Waals surface area contributed by atoms with Gasteiger partial charge in [0.2, 0.25) is 5.91 Å². The Morgan fingerprint density at radius 1 is 1.02 bits per heavy atom. The molecule has 1 N–H and O–H groups in total. The molecule has 9 nitrogen and oxygen atoms in total. The van der Waals surface area contributed by atoms with E-state index in [2.05, 4.69) is 38.0 Å². The summed E-state index contributed by atoms with van der Waals surface area (Å²) < 4.78 is 14.3. The molecule has 1 atom stereocenters. The molecule has 4 aromatic rings. The number of hydrogen-bond acceptors (Lipinski definition) is 5. The van der Waals surface area contributed by atoms with Gasteiger partial charge in [0.25, 0.3) is 0 Å². The van der Waals surface area contributed by atoms with Crippen LogP contribution in [0.3, 0.4) is 0 Å². The fourth-order valence-corrected chi connectivity index (χ4v) is 9.10. The summed E-state index contributed by atoms with van der Waals surface area (Å²) >= 11 is 0. The third-order valence-electron chi connectivity index (χ3n) is 11.2. The molecule has 1 unspecified atom stereocenters. The number of anilines is 1. The minimum Gasteiger partial charge on any atom is -0.497 e. The molecule has 2 spiro atoms. The Hall–Kier alpha value is -4.79. The van der Waals surface area contributed by atoms with Gasteiger partial charge < -0.3 is 24.4 Å². The molecular weight excluding hydrogens is 604 g/mol. The molecule has 4 aliphatic rings. The van der Waals surface area contributed by atoms with E-state index < -0.39 is 11.5 Å². The fourth-order valence-electron chi connectivity index (χ4n) is 9.10. The van der Waals surface area contributed by atoms with Crippen molar-refractivity contribution in [3.05, 3.63) is 90.1 Å². The molecule has 0 bridgehead atoms. The number of methoxy groups -OCH3 is 1. The summed E-state index contributed by atoms with van der Waals surface area (Å²) in [5.41, 5.74) is 4.90. The number of hydrogen-bond donors (Lipinski definition) is 1. The molecule has 2 aliphatic heterocycles. The maximum atomic E-state index is 14.5. The van der Waals surface area contributed by atoms with Crippen molar-refractivity contribution in [2.24, 2.45) is 10.8 Å². The van der Waals surface area contributed by atoms with E-state index in [4.69, 9.17) is 9.47 Å². The molecule has 248 valence electrons. The smallest absolute Gasteiger partial charge is 0.407 e. The van der Waals surface area contributed by atoms with Gasteiger partial charge in [-0.3, -0.25) is 4.79 Å². The van der Waals surface area contributed by atoms with Crippen LogP contribution in [0, 0.1) is 10.8 Å². The van der Waals surface area contributed by atoms with Crippen LogP contribution in [-0.2, 0) is 16.8 Å². The number of likely N-dealkylation sites (tertiary alicyclic amines) is 1. The highest BCUT2D eigenvalue weighted by Crippen LogP contribution is 2.61. The molecule has 2 amide bonds. The molecule has 9 heteroatoms. The molecular formula is C39H42N4O5. The van der Waals surface area contributed by atoms with Gasteiger partial charge in [0.05, 0.1) is 42.3 Å². The quantitative estimate of drug-likeness (QED) is 0.224. The van der Waals surface area contributed by atoms with Gasteiger partial charge in [0.1, 0.15) is 17.6 Å². The van der Waals surface area contributed by atoms with Crippen LogP contribution in [0.5, 0.6) is 11.5 Å². The second-order valence-electron chi connectivity index (χ2n) is 15.2. The van der Waals surface area contributed by atoms with E-state index in [1.165, 1.54) is 0 Å². The SMILES string of the molecule is COc1ccc(CN2C(=O)C3(CCC3)c3cc(-c4ccnn4-c4ccccc4)cc(OC4CC5(C4)CN(C(=O)O)C5C(C)(C)C)c32)cc1. The number of benzene rings is 3. The van der Waals surface area contributed by atoms with Crippen LogP contribution < -0.4 is 14.4 Å². The summed E-state index contributed by atoms with van der Waals surface area (Å²) in [7, 11) is 1.65. The maximum absolute atomic E-state index is 14.5. The van der Waals surface area contributed by atoms with E-state index in [-0.39, 0.29) is 28.9 Å². The molecule has 0 radical (unpaired) electrons. The van der Waals surface area contributed by atoms with E-state index in [9.17, 15) is 14.7 Å². The van der Waals surface area contributed by atoms with Crippen LogP contribution in [0.25, 0.3) is 16.9 Å². The highest BCUT2D eigenvalue weighted by Gasteiger charge is 2.65. The zero-order chi connectivity index (χ0) is 33.4. The van der Waals surface area contributed by atoms with Crippen molar-refractivity contribution >= 4 is 17.7 Å². The van der Waals surface area contributed by atoms with Crippen molar-refractivity contribution in [1.29, 1.82) is 0 Å². The van der Waals surface area contributed by atoms with Gasteiger partial charge in [-0.1, -0.05) is 57.5 Å². The summed E-state index contributed by atoms with van der Waals surface area (Å²) in [6.07, 6.45) is 5.04. The number of carbonyl (C=O) groups excluding carboxylic acids is 1. The number of para-hydroxylation sites is 1. The van der Waals surface area contributed by atoms with Gasteiger partial charge in [-0.05, 0) is 84.7 Å². The van der Waals surface area contributed by atoms with E-state index in [0.717, 1.165) is 71.6 Å². The number of amides is 2. The fraction of sp³-hybridized carbons (Fsp3) is 0.410. The summed E-state index contributed by atoms with van der Waals surface area (Å²) in [6, 6.07) is 24.2. The van der Waals surface area contributed by atoms with Gasteiger partial charge in [-0.15, -0.1) is 0 Å². The minimum absolute atomic E-state index is 0.0639. The van der Waals surface area contributed by atoms with Gasteiger partial charge in [-0.2, -0.15) is 5.10 Å². The largest absolute Gasteiger partial charge is 0.497 e. The molecule has 2 saturated carbocycles. The van der Waals surface area contributed by atoms with Crippen LogP contribution in [-0.4, -0.2) is 57.6 Å². The van der Waals surface area contributed by atoms with Gasteiger partial charge in [0, 0.05) is 23.6 Å². The van der Waals surface area contributed by atoms with Gasteiger partial charge in [-0.25, -0.2) is 9.48 Å². The van der Waals surface area contributed by atoms with Crippen molar-refractivity contribution in [2.75, 3.05) is 18.6 Å². The van der Waals surface area contributed by atoms with Gasteiger partial charge >= 0.3 is 6.09 Å². The Labute approximate surface area is 281 Å². The lowest BCUT2D eigenvalue weighted by atomic mass is 9.51. The number of carboxylic acid groups (broad SMARTS) is 1. The lowest BCUT2D eigenvalue weighted by Crippen LogP contribution is -2.75. The predicted octanol–water partition coefficient (Wildman–Crippen LogP) is 7.45. The Balaban J connectivity index is 1.20. The third kappa shape index (κ3) is 4.61. The van der Waals surface area contributed by atoms with Gasteiger partial charge in [0.15, 0.2) is 0 Å². The van der Waals surface area contributed by atoms with E-state index in [0.29, 0.717) is 18.8 Å². The number of ether oxygens (including phenoxy) is 2. The predicted molar refractivity (Wildman–Crippen MR) is 183 cm³/mol. The monoisotopic (exact) mass is 646 g/mol. The first-order valence-electron chi connectivity index (χ1n) is 16.9. The highest BCUT2D eigenvalue weighted by atomic mass is 16.5. The standard InChI is InChI=1S/C39H42N4O5/c1-37(2,3)34-38(24-42(34)36(45)46)21-29(22-38)48-32-20-26(31-15-18-40-43(31)27-9-6-5-7-10-27)19-30-33(32)41(35(44)39(30)16-8-17-39)23-25-11-13-28(47-4)14-12-25/h5-7,9-15,18-20,29,34H,8,16-17,21-24H2,1-4H3,(H,45,46). The van der Waals surface area contributed by atoms with Crippen LogP contribution in [0.4, 0.5) is 10.5 Å². The zero-order valence-electron chi connectivity index (χ0n) is 28.0.